The highest BCUT2D eigenvalue weighted by Gasteiger charge is 2.17. The molecule has 2 N–H and O–H groups in total. The Morgan fingerprint density at radius 3 is 2.47 bits per heavy atom. The molecule has 1 atom stereocenters. The van der Waals surface area contributed by atoms with Gasteiger partial charge in [-0.05, 0) is 64.7 Å². The molecule has 100 valence electrons. The largest absolute Gasteiger partial charge is 0.320 e. The zero-order valence-corrected chi connectivity index (χ0v) is 13.0. The Morgan fingerprint density at radius 1 is 1.21 bits per heavy atom. The Balaban J connectivity index is 2.49. The lowest BCUT2D eigenvalue weighted by molar-refractivity contribution is 0.596. The third kappa shape index (κ3) is 2.99. The van der Waals surface area contributed by atoms with Gasteiger partial charge in [0.2, 0.25) is 0 Å². The number of benzene rings is 2. The molecule has 0 saturated heterocycles. The van der Waals surface area contributed by atoms with Gasteiger partial charge >= 0.3 is 0 Å². The van der Waals surface area contributed by atoms with Crippen LogP contribution in [0, 0.1) is 19.7 Å². The zero-order chi connectivity index (χ0) is 14.2. The van der Waals surface area contributed by atoms with Gasteiger partial charge in [0.05, 0.1) is 11.1 Å². The molecule has 2 rings (SSSR count). The van der Waals surface area contributed by atoms with Gasteiger partial charge in [0.15, 0.2) is 0 Å². The highest BCUT2D eigenvalue weighted by molar-refractivity contribution is 9.10. The maximum Gasteiger partial charge on any atom is 0.128 e. The molecule has 0 aliphatic rings. The van der Waals surface area contributed by atoms with Crippen LogP contribution >= 0.6 is 27.5 Å². The summed E-state index contributed by atoms with van der Waals surface area (Å²) in [7, 11) is 0. The van der Waals surface area contributed by atoms with E-state index in [1.54, 1.807) is 6.07 Å². The molecule has 0 aliphatic heterocycles. The summed E-state index contributed by atoms with van der Waals surface area (Å²) in [5.74, 6) is -0.268. The monoisotopic (exact) mass is 341 g/mol. The number of hydrogen-bond donors (Lipinski definition) is 1. The zero-order valence-electron chi connectivity index (χ0n) is 10.7. The fraction of sp³-hybridized carbons (Fsp3) is 0.200. The van der Waals surface area contributed by atoms with Crippen molar-refractivity contribution in [3.63, 3.8) is 0 Å². The average Bonchev–Trinajstić information content (AvgIpc) is 2.31. The lowest BCUT2D eigenvalue weighted by atomic mass is 9.94. The van der Waals surface area contributed by atoms with Crippen LogP contribution in [0.1, 0.15) is 28.3 Å². The third-order valence-electron chi connectivity index (χ3n) is 3.09. The third-order valence-corrected chi connectivity index (χ3v) is 4.31. The predicted molar refractivity (Wildman–Crippen MR) is 81.1 cm³/mol. The average molecular weight is 343 g/mol. The number of rotatable bonds is 2. The van der Waals surface area contributed by atoms with Gasteiger partial charge in [-0.2, -0.15) is 0 Å². The predicted octanol–water partition coefficient (Wildman–Crippen LogP) is 4.91. The van der Waals surface area contributed by atoms with Gasteiger partial charge in [0, 0.05) is 10.0 Å². The molecular weight excluding hydrogens is 329 g/mol. The molecule has 1 nitrogen and oxygen atoms in total. The van der Waals surface area contributed by atoms with Gasteiger partial charge in [-0.3, -0.25) is 0 Å². The number of nitrogens with two attached hydrogens (primary N) is 1. The minimum atomic E-state index is -0.505. The fourth-order valence-corrected chi connectivity index (χ4v) is 2.71. The van der Waals surface area contributed by atoms with Crippen LogP contribution in [-0.4, -0.2) is 0 Å². The Kier molecular flexibility index (Phi) is 4.29. The van der Waals surface area contributed by atoms with Crippen LogP contribution in [0.15, 0.2) is 34.8 Å². The van der Waals surface area contributed by atoms with Crippen molar-refractivity contribution in [3.8, 4) is 0 Å². The van der Waals surface area contributed by atoms with Crippen molar-refractivity contribution < 1.29 is 4.39 Å². The van der Waals surface area contributed by atoms with Crippen LogP contribution in [0.5, 0.6) is 0 Å². The van der Waals surface area contributed by atoms with E-state index >= 15 is 0 Å². The molecule has 0 radical (unpaired) electrons. The maximum absolute atomic E-state index is 14.1. The Hall–Kier alpha value is -0.900. The van der Waals surface area contributed by atoms with E-state index in [-0.39, 0.29) is 5.82 Å². The summed E-state index contributed by atoms with van der Waals surface area (Å²) in [6, 6.07) is 8.33. The van der Waals surface area contributed by atoms with Crippen molar-refractivity contribution in [3.05, 3.63) is 67.9 Å². The van der Waals surface area contributed by atoms with Gasteiger partial charge in [-0.1, -0.05) is 23.7 Å². The number of hydrogen-bond acceptors (Lipinski definition) is 1. The molecule has 0 amide bonds. The van der Waals surface area contributed by atoms with Gasteiger partial charge in [0.1, 0.15) is 5.82 Å². The molecule has 1 unspecified atom stereocenters. The molecule has 0 fully saturated rings. The van der Waals surface area contributed by atoms with E-state index < -0.39 is 6.04 Å². The summed E-state index contributed by atoms with van der Waals surface area (Å²) >= 11 is 9.31. The second-order valence-electron chi connectivity index (χ2n) is 4.63. The number of aryl methyl sites for hydroxylation is 2. The lowest BCUT2D eigenvalue weighted by Crippen LogP contribution is -2.15. The molecule has 0 aliphatic carbocycles. The van der Waals surface area contributed by atoms with Crippen molar-refractivity contribution in [2.75, 3.05) is 0 Å². The first-order valence-electron chi connectivity index (χ1n) is 5.87. The Labute approximate surface area is 125 Å². The van der Waals surface area contributed by atoms with Crippen LogP contribution in [-0.2, 0) is 0 Å². The standard InChI is InChI=1S/C15H14BrClFN/c1-8-5-9(2)14(13(18)6-8)15(19)10-3-4-12(17)11(16)7-10/h3-7,15H,19H2,1-2H3. The normalized spacial score (nSPS) is 12.5. The summed E-state index contributed by atoms with van der Waals surface area (Å²) in [5, 5.41) is 0.608. The van der Waals surface area contributed by atoms with Crippen LogP contribution < -0.4 is 5.73 Å². The molecule has 0 heterocycles. The molecule has 4 heteroatoms. The van der Waals surface area contributed by atoms with Crippen molar-refractivity contribution >= 4 is 27.5 Å². The van der Waals surface area contributed by atoms with E-state index in [9.17, 15) is 4.39 Å². The highest BCUT2D eigenvalue weighted by Crippen LogP contribution is 2.30. The van der Waals surface area contributed by atoms with Crippen molar-refractivity contribution in [2.24, 2.45) is 5.73 Å². The summed E-state index contributed by atoms with van der Waals surface area (Å²) < 4.78 is 14.9. The van der Waals surface area contributed by atoms with Crippen LogP contribution in [0.4, 0.5) is 4.39 Å². The summed E-state index contributed by atoms with van der Waals surface area (Å²) in [6.45, 7) is 3.74. The van der Waals surface area contributed by atoms with E-state index in [4.69, 9.17) is 17.3 Å². The number of halogens is 3. The van der Waals surface area contributed by atoms with Crippen molar-refractivity contribution in [1.29, 1.82) is 0 Å². The highest BCUT2D eigenvalue weighted by atomic mass is 79.9. The fourth-order valence-electron chi connectivity index (χ4n) is 2.19. The molecule has 0 saturated carbocycles. The van der Waals surface area contributed by atoms with Gasteiger partial charge in [-0.15, -0.1) is 0 Å². The van der Waals surface area contributed by atoms with Gasteiger partial charge in [-0.25, -0.2) is 4.39 Å². The van der Waals surface area contributed by atoms with E-state index in [1.165, 1.54) is 6.07 Å². The van der Waals surface area contributed by atoms with Crippen LogP contribution in [0.3, 0.4) is 0 Å². The maximum atomic E-state index is 14.1. The van der Waals surface area contributed by atoms with Crippen LogP contribution in [0.2, 0.25) is 5.02 Å². The van der Waals surface area contributed by atoms with E-state index in [1.807, 2.05) is 32.0 Å². The Bertz CT molecular complexity index is 605. The smallest absolute Gasteiger partial charge is 0.128 e. The molecule has 19 heavy (non-hydrogen) atoms. The van der Waals surface area contributed by atoms with Crippen molar-refractivity contribution in [1.82, 2.24) is 0 Å². The molecular formula is C15H14BrClFN. The SMILES string of the molecule is Cc1cc(C)c(C(N)c2ccc(Cl)c(Br)c2)c(F)c1. The molecule has 2 aromatic rings. The topological polar surface area (TPSA) is 26.0 Å². The van der Waals surface area contributed by atoms with E-state index in [2.05, 4.69) is 15.9 Å². The quantitative estimate of drug-likeness (QED) is 0.825. The Morgan fingerprint density at radius 2 is 1.89 bits per heavy atom. The molecule has 0 aromatic heterocycles. The van der Waals surface area contributed by atoms with Gasteiger partial charge in [0.25, 0.3) is 0 Å². The second-order valence-corrected chi connectivity index (χ2v) is 5.89. The summed E-state index contributed by atoms with van der Waals surface area (Å²) in [4.78, 5) is 0. The molecule has 2 aromatic carbocycles. The van der Waals surface area contributed by atoms with E-state index in [0.717, 1.165) is 21.2 Å². The lowest BCUT2D eigenvalue weighted by Gasteiger charge is -2.17. The summed E-state index contributed by atoms with van der Waals surface area (Å²) in [5.41, 5.74) is 9.28. The summed E-state index contributed by atoms with van der Waals surface area (Å²) in [6.07, 6.45) is 0. The minimum Gasteiger partial charge on any atom is -0.320 e. The first-order chi connectivity index (χ1) is 8.90. The molecule has 0 spiro atoms. The van der Waals surface area contributed by atoms with Crippen molar-refractivity contribution in [2.45, 2.75) is 19.9 Å². The first-order valence-corrected chi connectivity index (χ1v) is 7.04. The first kappa shape index (κ1) is 14.5. The second kappa shape index (κ2) is 5.61. The minimum absolute atomic E-state index is 0.268. The van der Waals surface area contributed by atoms with E-state index in [0.29, 0.717) is 10.6 Å². The van der Waals surface area contributed by atoms with Gasteiger partial charge < -0.3 is 5.73 Å². The molecule has 0 bridgehead atoms. The van der Waals surface area contributed by atoms with Crippen LogP contribution in [0.25, 0.3) is 0 Å².